The van der Waals surface area contributed by atoms with E-state index in [1.165, 1.54) is 64.5 Å². The van der Waals surface area contributed by atoms with Gasteiger partial charge in [-0.15, -0.1) is 0 Å². The Bertz CT molecular complexity index is 395. The van der Waals surface area contributed by atoms with E-state index in [-0.39, 0.29) is 6.03 Å². The van der Waals surface area contributed by atoms with E-state index in [1.807, 2.05) is 0 Å². The van der Waals surface area contributed by atoms with Crippen molar-refractivity contribution in [2.45, 2.75) is 82.3 Å². The van der Waals surface area contributed by atoms with Crippen LogP contribution in [0.1, 0.15) is 64.2 Å². The van der Waals surface area contributed by atoms with Crippen LogP contribution in [-0.4, -0.2) is 42.1 Å². The monoisotopic (exact) mass is 305 g/mol. The minimum atomic E-state index is 0.0909. The first-order valence-electron chi connectivity index (χ1n) is 9.60. The van der Waals surface area contributed by atoms with Crippen molar-refractivity contribution in [2.75, 3.05) is 13.1 Å². The Labute approximate surface area is 134 Å². The molecule has 124 valence electrons. The lowest BCUT2D eigenvalue weighted by atomic mass is 9.85. The molecule has 0 aromatic carbocycles. The van der Waals surface area contributed by atoms with E-state index < -0.39 is 0 Å². The summed E-state index contributed by atoms with van der Waals surface area (Å²) in [7, 11) is 0. The van der Waals surface area contributed by atoms with E-state index in [4.69, 9.17) is 0 Å². The highest BCUT2D eigenvalue weighted by atomic mass is 16.2. The fourth-order valence-electron chi connectivity index (χ4n) is 4.71. The second-order valence-corrected chi connectivity index (χ2v) is 8.06. The van der Waals surface area contributed by atoms with Crippen molar-refractivity contribution in [2.24, 2.45) is 11.8 Å². The fourth-order valence-corrected chi connectivity index (χ4v) is 4.71. The van der Waals surface area contributed by atoms with E-state index in [2.05, 4.69) is 15.5 Å². The minimum absolute atomic E-state index is 0.0909. The normalized spacial score (nSPS) is 34.4. The molecule has 1 aliphatic heterocycles. The van der Waals surface area contributed by atoms with Gasteiger partial charge in [0, 0.05) is 31.2 Å². The number of piperidine rings is 1. The molecule has 4 aliphatic rings. The molecule has 2 N–H and O–H groups in total. The summed E-state index contributed by atoms with van der Waals surface area (Å²) >= 11 is 0. The highest BCUT2D eigenvalue weighted by molar-refractivity contribution is 5.75. The van der Waals surface area contributed by atoms with Gasteiger partial charge < -0.3 is 15.5 Å². The van der Waals surface area contributed by atoms with Crippen LogP contribution in [0.15, 0.2) is 0 Å². The maximum absolute atomic E-state index is 12.2. The van der Waals surface area contributed by atoms with Gasteiger partial charge in [-0.2, -0.15) is 0 Å². The van der Waals surface area contributed by atoms with Crippen LogP contribution in [0, 0.1) is 11.8 Å². The molecule has 1 heterocycles. The molecular formula is C18H31N3O. The van der Waals surface area contributed by atoms with Crippen LogP contribution in [0.4, 0.5) is 4.79 Å². The Morgan fingerprint density at radius 3 is 2.27 bits per heavy atom. The molecule has 3 aliphatic carbocycles. The van der Waals surface area contributed by atoms with Gasteiger partial charge >= 0.3 is 6.03 Å². The number of urea groups is 1. The van der Waals surface area contributed by atoms with Crippen molar-refractivity contribution in [3.8, 4) is 0 Å². The molecule has 0 radical (unpaired) electrons. The van der Waals surface area contributed by atoms with E-state index in [0.717, 1.165) is 30.7 Å². The number of likely N-dealkylation sites (tertiary alicyclic amines) is 1. The van der Waals surface area contributed by atoms with Crippen molar-refractivity contribution in [3.05, 3.63) is 0 Å². The van der Waals surface area contributed by atoms with Crippen LogP contribution >= 0.6 is 0 Å². The molecule has 2 atom stereocenters. The van der Waals surface area contributed by atoms with Crippen molar-refractivity contribution >= 4 is 6.03 Å². The average molecular weight is 305 g/mol. The molecular weight excluding hydrogens is 274 g/mol. The topological polar surface area (TPSA) is 44.4 Å². The van der Waals surface area contributed by atoms with Crippen LogP contribution in [0.5, 0.6) is 0 Å². The molecule has 4 nitrogen and oxygen atoms in total. The largest absolute Gasteiger partial charge is 0.335 e. The molecule has 4 rings (SSSR count). The Morgan fingerprint density at radius 1 is 0.864 bits per heavy atom. The molecule has 0 spiro atoms. The Hall–Kier alpha value is -0.770. The number of amides is 2. The predicted molar refractivity (Wildman–Crippen MR) is 87.8 cm³/mol. The van der Waals surface area contributed by atoms with Crippen molar-refractivity contribution in [1.29, 1.82) is 0 Å². The number of hydrogen-bond acceptors (Lipinski definition) is 2. The fraction of sp³-hybridized carbons (Fsp3) is 0.944. The third kappa shape index (κ3) is 3.58. The van der Waals surface area contributed by atoms with Gasteiger partial charge in [0.25, 0.3) is 0 Å². The molecule has 0 aromatic heterocycles. The van der Waals surface area contributed by atoms with Gasteiger partial charge in [0.2, 0.25) is 0 Å². The van der Waals surface area contributed by atoms with Crippen molar-refractivity contribution < 1.29 is 4.79 Å². The van der Waals surface area contributed by atoms with Crippen LogP contribution < -0.4 is 10.6 Å². The number of carbonyl (C=O) groups excluding carboxylic acids is 1. The van der Waals surface area contributed by atoms with Crippen LogP contribution in [0.3, 0.4) is 0 Å². The van der Waals surface area contributed by atoms with E-state index in [0.29, 0.717) is 12.1 Å². The summed E-state index contributed by atoms with van der Waals surface area (Å²) in [5.41, 5.74) is 0. The Kier molecular flexibility index (Phi) is 4.29. The van der Waals surface area contributed by atoms with Crippen molar-refractivity contribution in [3.63, 3.8) is 0 Å². The summed E-state index contributed by atoms with van der Waals surface area (Å²) < 4.78 is 0. The number of hydrogen-bond donors (Lipinski definition) is 2. The first-order chi connectivity index (χ1) is 10.8. The molecule has 0 bridgehead atoms. The number of rotatable bonds is 4. The molecule has 3 saturated carbocycles. The lowest BCUT2D eigenvalue weighted by Gasteiger charge is -2.32. The summed E-state index contributed by atoms with van der Waals surface area (Å²) in [6, 6.07) is 1.82. The lowest BCUT2D eigenvalue weighted by Crippen LogP contribution is -2.49. The third-order valence-electron chi connectivity index (χ3n) is 6.34. The van der Waals surface area contributed by atoms with Crippen LogP contribution in [0.2, 0.25) is 0 Å². The summed E-state index contributed by atoms with van der Waals surface area (Å²) in [5, 5.41) is 6.45. The van der Waals surface area contributed by atoms with E-state index >= 15 is 0 Å². The van der Waals surface area contributed by atoms with Crippen molar-refractivity contribution in [1.82, 2.24) is 15.5 Å². The molecule has 4 fully saturated rings. The second kappa shape index (κ2) is 6.38. The van der Waals surface area contributed by atoms with Crippen LogP contribution in [-0.2, 0) is 0 Å². The molecule has 22 heavy (non-hydrogen) atoms. The molecule has 1 saturated heterocycles. The predicted octanol–water partition coefficient (Wildman–Crippen LogP) is 2.88. The van der Waals surface area contributed by atoms with Gasteiger partial charge in [-0.05, 0) is 43.9 Å². The van der Waals surface area contributed by atoms with E-state index in [9.17, 15) is 4.79 Å². The molecule has 4 heteroatoms. The SMILES string of the molecule is O=C(NC1CCN(C2CC2)CC1)N[C@H]1C[C@@H]1C1CCCCC1. The van der Waals surface area contributed by atoms with Gasteiger partial charge in [-0.1, -0.05) is 32.1 Å². The molecule has 2 amide bonds. The maximum atomic E-state index is 12.2. The van der Waals surface area contributed by atoms with Gasteiger partial charge in [0.1, 0.15) is 0 Å². The zero-order valence-corrected chi connectivity index (χ0v) is 13.7. The Morgan fingerprint density at radius 2 is 1.59 bits per heavy atom. The summed E-state index contributed by atoms with van der Waals surface area (Å²) in [6.07, 6.45) is 13.3. The maximum Gasteiger partial charge on any atom is 0.315 e. The summed E-state index contributed by atoms with van der Waals surface area (Å²) in [6.45, 7) is 2.34. The second-order valence-electron chi connectivity index (χ2n) is 8.06. The molecule has 0 aromatic rings. The zero-order chi connectivity index (χ0) is 14.9. The standard InChI is InChI=1S/C18H31N3O/c22-18(19-14-8-10-21(11-9-14)15-6-7-15)20-17-12-16(17)13-4-2-1-3-5-13/h13-17H,1-12H2,(H2,19,20,22)/t16-,17+/m1/s1. The molecule has 0 unspecified atom stereocenters. The third-order valence-corrected chi connectivity index (χ3v) is 6.34. The number of nitrogens with one attached hydrogen (secondary N) is 2. The van der Waals surface area contributed by atoms with Gasteiger partial charge in [-0.25, -0.2) is 4.79 Å². The van der Waals surface area contributed by atoms with Gasteiger partial charge in [-0.3, -0.25) is 0 Å². The van der Waals surface area contributed by atoms with Crippen LogP contribution in [0.25, 0.3) is 0 Å². The van der Waals surface area contributed by atoms with Gasteiger partial charge in [0.15, 0.2) is 0 Å². The summed E-state index contributed by atoms with van der Waals surface area (Å²) in [4.78, 5) is 14.8. The average Bonchev–Trinajstić information content (AvgIpc) is 3.44. The van der Waals surface area contributed by atoms with E-state index in [1.54, 1.807) is 0 Å². The minimum Gasteiger partial charge on any atom is -0.335 e. The lowest BCUT2D eigenvalue weighted by molar-refractivity contribution is 0.185. The first-order valence-corrected chi connectivity index (χ1v) is 9.60. The smallest absolute Gasteiger partial charge is 0.315 e. The highest BCUT2D eigenvalue weighted by Gasteiger charge is 2.44. The van der Waals surface area contributed by atoms with Gasteiger partial charge in [0.05, 0.1) is 0 Å². The number of nitrogens with zero attached hydrogens (tertiary/aromatic N) is 1. The summed E-state index contributed by atoms with van der Waals surface area (Å²) in [5.74, 6) is 1.67. The quantitative estimate of drug-likeness (QED) is 0.839. The first kappa shape index (κ1) is 14.8. The Balaban J connectivity index is 1.15. The number of carbonyl (C=O) groups is 1. The highest BCUT2D eigenvalue weighted by Crippen LogP contribution is 2.44. The zero-order valence-electron chi connectivity index (χ0n) is 13.7.